The number of halogens is 4. The standard InChI is InChI=1S/C10H6F4N2O2/c11-4-1-6-7(2-5(4)12)16(3-8(17)18)10(15-6)9(13)14/h1-2,9H,3H2,(H,17,18). The van der Waals surface area contributed by atoms with Crippen LogP contribution in [0, 0.1) is 11.6 Å². The van der Waals surface area contributed by atoms with Crippen molar-refractivity contribution in [3.8, 4) is 0 Å². The first-order chi connectivity index (χ1) is 8.40. The van der Waals surface area contributed by atoms with Crippen LogP contribution in [0.15, 0.2) is 12.1 Å². The Morgan fingerprint density at radius 2 is 1.94 bits per heavy atom. The molecule has 2 aromatic rings. The van der Waals surface area contributed by atoms with Crippen molar-refractivity contribution in [1.82, 2.24) is 9.55 Å². The van der Waals surface area contributed by atoms with Crippen molar-refractivity contribution >= 4 is 17.0 Å². The van der Waals surface area contributed by atoms with Crippen molar-refractivity contribution in [3.63, 3.8) is 0 Å². The van der Waals surface area contributed by atoms with Gasteiger partial charge in [0.15, 0.2) is 17.5 Å². The highest BCUT2D eigenvalue weighted by atomic mass is 19.3. The molecule has 0 saturated carbocycles. The monoisotopic (exact) mass is 262 g/mol. The summed E-state index contributed by atoms with van der Waals surface area (Å²) in [5.41, 5.74) is -0.406. The number of carboxylic acid groups (broad SMARTS) is 1. The van der Waals surface area contributed by atoms with E-state index in [1.54, 1.807) is 0 Å². The van der Waals surface area contributed by atoms with Crippen LogP contribution in [0.2, 0.25) is 0 Å². The summed E-state index contributed by atoms with van der Waals surface area (Å²) in [5, 5.41) is 8.61. The van der Waals surface area contributed by atoms with Crippen LogP contribution in [-0.4, -0.2) is 20.6 Å². The molecule has 8 heteroatoms. The maximum Gasteiger partial charge on any atom is 0.323 e. The van der Waals surface area contributed by atoms with Crippen molar-refractivity contribution in [3.05, 3.63) is 29.6 Å². The van der Waals surface area contributed by atoms with Gasteiger partial charge >= 0.3 is 5.97 Å². The maximum atomic E-state index is 13.0. The average molecular weight is 262 g/mol. The van der Waals surface area contributed by atoms with Gasteiger partial charge in [0.1, 0.15) is 6.54 Å². The predicted molar refractivity (Wildman–Crippen MR) is 52.2 cm³/mol. The first-order valence-electron chi connectivity index (χ1n) is 4.75. The Balaban J connectivity index is 2.72. The highest BCUT2D eigenvalue weighted by Gasteiger charge is 2.21. The molecule has 0 atom stereocenters. The number of hydrogen-bond acceptors (Lipinski definition) is 2. The Hall–Kier alpha value is -2.12. The average Bonchev–Trinajstić information content (AvgIpc) is 2.57. The molecule has 0 saturated heterocycles. The second-order valence-corrected chi connectivity index (χ2v) is 3.51. The lowest BCUT2D eigenvalue weighted by atomic mass is 10.3. The number of imidazole rings is 1. The van der Waals surface area contributed by atoms with E-state index in [2.05, 4.69) is 4.98 Å². The van der Waals surface area contributed by atoms with E-state index < -0.39 is 36.4 Å². The molecule has 0 aliphatic carbocycles. The quantitative estimate of drug-likeness (QED) is 0.864. The van der Waals surface area contributed by atoms with Gasteiger partial charge in [-0.15, -0.1) is 0 Å². The van der Waals surface area contributed by atoms with Crippen molar-refractivity contribution < 1.29 is 27.5 Å². The fourth-order valence-corrected chi connectivity index (χ4v) is 1.61. The van der Waals surface area contributed by atoms with E-state index in [1.165, 1.54) is 0 Å². The Morgan fingerprint density at radius 3 is 2.50 bits per heavy atom. The lowest BCUT2D eigenvalue weighted by Crippen LogP contribution is -2.12. The van der Waals surface area contributed by atoms with E-state index in [4.69, 9.17) is 5.11 Å². The van der Waals surface area contributed by atoms with E-state index in [9.17, 15) is 22.4 Å². The molecule has 18 heavy (non-hydrogen) atoms. The number of fused-ring (bicyclic) bond motifs is 1. The predicted octanol–water partition coefficient (Wildman–Crippen LogP) is 2.34. The summed E-state index contributed by atoms with van der Waals surface area (Å²) < 4.78 is 51.9. The minimum absolute atomic E-state index is 0.188. The molecule has 1 aromatic carbocycles. The molecular formula is C10H6F4N2O2. The van der Waals surface area contributed by atoms with Gasteiger partial charge in [-0.25, -0.2) is 22.5 Å². The summed E-state index contributed by atoms with van der Waals surface area (Å²) in [6.07, 6.45) is -3.04. The summed E-state index contributed by atoms with van der Waals surface area (Å²) in [6, 6.07) is 1.29. The van der Waals surface area contributed by atoms with Crippen LogP contribution in [-0.2, 0) is 11.3 Å². The number of rotatable bonds is 3. The maximum absolute atomic E-state index is 13.0. The third-order valence-electron chi connectivity index (χ3n) is 2.31. The van der Waals surface area contributed by atoms with Crippen molar-refractivity contribution in [2.75, 3.05) is 0 Å². The summed E-state index contributed by atoms with van der Waals surface area (Å²) in [7, 11) is 0. The van der Waals surface area contributed by atoms with Crippen LogP contribution in [0.4, 0.5) is 17.6 Å². The van der Waals surface area contributed by atoms with Crippen LogP contribution < -0.4 is 0 Å². The van der Waals surface area contributed by atoms with Gasteiger partial charge in [0.05, 0.1) is 11.0 Å². The number of aromatic nitrogens is 2. The molecule has 96 valence electrons. The molecule has 1 N–H and O–H groups in total. The summed E-state index contributed by atoms with van der Waals surface area (Å²) in [6.45, 7) is -0.804. The number of nitrogens with zero attached hydrogens (tertiary/aromatic N) is 2. The molecule has 1 heterocycles. The molecule has 0 spiro atoms. The zero-order valence-corrected chi connectivity index (χ0v) is 8.70. The Morgan fingerprint density at radius 1 is 1.33 bits per heavy atom. The Kier molecular flexibility index (Phi) is 2.93. The van der Waals surface area contributed by atoms with Gasteiger partial charge in [-0.2, -0.15) is 0 Å². The fourth-order valence-electron chi connectivity index (χ4n) is 1.61. The van der Waals surface area contributed by atoms with Crippen LogP contribution in [0.25, 0.3) is 11.0 Å². The number of carbonyl (C=O) groups is 1. The first-order valence-corrected chi connectivity index (χ1v) is 4.75. The van der Waals surface area contributed by atoms with Crippen LogP contribution in [0.5, 0.6) is 0 Å². The number of hydrogen-bond donors (Lipinski definition) is 1. The molecule has 0 aliphatic heterocycles. The number of aliphatic carboxylic acids is 1. The zero-order valence-electron chi connectivity index (χ0n) is 8.70. The molecule has 0 aliphatic rings. The lowest BCUT2D eigenvalue weighted by Gasteiger charge is -2.05. The molecule has 0 radical (unpaired) electrons. The minimum atomic E-state index is -3.04. The van der Waals surface area contributed by atoms with E-state index in [0.29, 0.717) is 16.7 Å². The third-order valence-corrected chi connectivity index (χ3v) is 2.31. The van der Waals surface area contributed by atoms with Crippen LogP contribution in [0.3, 0.4) is 0 Å². The second-order valence-electron chi connectivity index (χ2n) is 3.51. The van der Waals surface area contributed by atoms with E-state index in [0.717, 1.165) is 0 Å². The van der Waals surface area contributed by atoms with Gasteiger partial charge in [-0.3, -0.25) is 4.79 Å². The van der Waals surface area contributed by atoms with Crippen LogP contribution in [0.1, 0.15) is 12.2 Å². The number of benzene rings is 1. The molecule has 2 rings (SSSR count). The Labute approximate surface area is 97.5 Å². The van der Waals surface area contributed by atoms with Crippen molar-refractivity contribution in [2.45, 2.75) is 13.0 Å². The van der Waals surface area contributed by atoms with Gasteiger partial charge in [-0.1, -0.05) is 0 Å². The normalized spacial score (nSPS) is 11.4. The molecule has 1 aromatic heterocycles. The van der Waals surface area contributed by atoms with E-state index in [-0.39, 0.29) is 11.0 Å². The zero-order chi connectivity index (χ0) is 13.4. The third kappa shape index (κ3) is 2.01. The first kappa shape index (κ1) is 12.3. The number of alkyl halides is 2. The summed E-state index contributed by atoms with van der Waals surface area (Å²) in [5.74, 6) is -4.71. The van der Waals surface area contributed by atoms with E-state index in [1.807, 2.05) is 0 Å². The number of carboxylic acids is 1. The largest absolute Gasteiger partial charge is 0.480 e. The molecular weight excluding hydrogens is 256 g/mol. The summed E-state index contributed by atoms with van der Waals surface area (Å²) in [4.78, 5) is 14.0. The van der Waals surface area contributed by atoms with Crippen LogP contribution >= 0.6 is 0 Å². The highest BCUT2D eigenvalue weighted by molar-refractivity contribution is 5.78. The molecule has 0 amide bonds. The van der Waals surface area contributed by atoms with Crippen molar-refractivity contribution in [1.29, 1.82) is 0 Å². The van der Waals surface area contributed by atoms with Gasteiger partial charge < -0.3 is 9.67 Å². The van der Waals surface area contributed by atoms with Gasteiger partial charge in [-0.05, 0) is 0 Å². The Bertz CT molecular complexity index is 624. The highest BCUT2D eigenvalue weighted by Crippen LogP contribution is 2.25. The molecule has 4 nitrogen and oxygen atoms in total. The second kappa shape index (κ2) is 4.28. The van der Waals surface area contributed by atoms with Gasteiger partial charge in [0.25, 0.3) is 6.43 Å². The van der Waals surface area contributed by atoms with Gasteiger partial charge in [0.2, 0.25) is 0 Å². The van der Waals surface area contributed by atoms with E-state index >= 15 is 0 Å². The molecule has 0 unspecified atom stereocenters. The fraction of sp³-hybridized carbons (Fsp3) is 0.200. The van der Waals surface area contributed by atoms with Gasteiger partial charge in [0, 0.05) is 12.1 Å². The van der Waals surface area contributed by atoms with Crippen molar-refractivity contribution in [2.24, 2.45) is 0 Å². The topological polar surface area (TPSA) is 55.1 Å². The minimum Gasteiger partial charge on any atom is -0.480 e. The SMILES string of the molecule is O=C(O)Cn1c(C(F)F)nc2cc(F)c(F)cc21. The smallest absolute Gasteiger partial charge is 0.323 e. The molecule has 0 fully saturated rings. The summed E-state index contributed by atoms with van der Waals surface area (Å²) >= 11 is 0. The molecule has 0 bridgehead atoms. The lowest BCUT2D eigenvalue weighted by molar-refractivity contribution is -0.137.